The van der Waals surface area contributed by atoms with E-state index in [1.54, 1.807) is 11.8 Å². The minimum Gasteiger partial charge on any atom is -0.435 e. The molecular formula is C19H22N4O8S. The van der Waals surface area contributed by atoms with Gasteiger partial charge in [-0.25, -0.2) is 18.2 Å². The largest absolute Gasteiger partial charge is 0.508 e. The molecule has 2 aromatic rings. The summed E-state index contributed by atoms with van der Waals surface area (Å²) in [5.41, 5.74) is -0.413. The fraction of sp³-hybridized carbons (Fsp3) is 0.421. The third-order valence-electron chi connectivity index (χ3n) is 4.68. The number of carbonyl (C=O) groups excluding carboxylic acids is 1. The first-order valence-corrected chi connectivity index (χ1v) is 11.6. The van der Waals surface area contributed by atoms with Crippen molar-refractivity contribution >= 4 is 27.5 Å². The van der Waals surface area contributed by atoms with Gasteiger partial charge in [-0.2, -0.15) is 4.98 Å². The Labute approximate surface area is 184 Å². The third kappa shape index (κ3) is 5.60. The summed E-state index contributed by atoms with van der Waals surface area (Å²) in [5, 5.41) is 11.8. The lowest BCUT2D eigenvalue weighted by Gasteiger charge is -2.31. The normalized spacial score (nSPS) is 14.6. The average Bonchev–Trinajstić information content (AvgIpc) is 2.74. The number of ether oxygens (including phenoxy) is 3. The Balaban J connectivity index is 1.77. The summed E-state index contributed by atoms with van der Waals surface area (Å²) < 4.78 is 38.7. The first-order chi connectivity index (χ1) is 15.2. The fourth-order valence-corrected chi connectivity index (χ4v) is 3.79. The molecule has 0 spiro atoms. The Morgan fingerprint density at radius 1 is 1.22 bits per heavy atom. The number of benzene rings is 1. The molecule has 3 rings (SSSR count). The summed E-state index contributed by atoms with van der Waals surface area (Å²) in [4.78, 5) is 32.4. The van der Waals surface area contributed by atoms with Gasteiger partial charge in [0, 0.05) is 32.2 Å². The number of rotatable bonds is 7. The zero-order valence-electron chi connectivity index (χ0n) is 17.5. The summed E-state index contributed by atoms with van der Waals surface area (Å²) in [7, 11) is -3.39. The summed E-state index contributed by atoms with van der Waals surface area (Å²) in [6.45, 7) is 2.62. The quantitative estimate of drug-likeness (QED) is 0.336. The van der Waals surface area contributed by atoms with Crippen LogP contribution in [0.15, 0.2) is 35.5 Å². The number of sulfone groups is 1. The van der Waals surface area contributed by atoms with Crippen LogP contribution < -0.4 is 9.64 Å². The standard InChI is InChI=1S/C19H22N4O8S/c1-3-29-19(24)31-14-8-10-22(11-9-14)17-16(23(25)26)18(21-12-20-17)30-13-4-6-15(7-5-13)32(2,27)28/h4-7,12,14H,3,8-11H2,1-2H3. The number of anilines is 1. The van der Waals surface area contributed by atoms with Crippen molar-refractivity contribution in [2.24, 2.45) is 0 Å². The lowest BCUT2D eigenvalue weighted by atomic mass is 10.1. The fourth-order valence-electron chi connectivity index (χ4n) is 3.16. The summed E-state index contributed by atoms with van der Waals surface area (Å²) in [6, 6.07) is 5.46. The zero-order valence-corrected chi connectivity index (χ0v) is 18.3. The predicted octanol–water partition coefficient (Wildman–Crippen LogP) is 2.72. The van der Waals surface area contributed by atoms with Gasteiger partial charge in [0.2, 0.25) is 5.82 Å². The number of carbonyl (C=O) groups is 1. The minimum absolute atomic E-state index is 0.0855. The molecule has 0 unspecified atom stereocenters. The van der Waals surface area contributed by atoms with E-state index < -0.39 is 26.6 Å². The summed E-state index contributed by atoms with van der Waals surface area (Å²) >= 11 is 0. The van der Waals surface area contributed by atoms with Crippen molar-refractivity contribution in [3.05, 3.63) is 40.7 Å². The van der Waals surface area contributed by atoms with Gasteiger partial charge >= 0.3 is 17.7 Å². The van der Waals surface area contributed by atoms with E-state index in [4.69, 9.17) is 14.2 Å². The highest BCUT2D eigenvalue weighted by molar-refractivity contribution is 7.90. The molecule has 1 fully saturated rings. The molecule has 0 amide bonds. The van der Waals surface area contributed by atoms with Gasteiger partial charge in [0.25, 0.3) is 0 Å². The summed E-state index contributed by atoms with van der Waals surface area (Å²) in [6.07, 6.45) is 2.04. The zero-order chi connectivity index (χ0) is 23.3. The Morgan fingerprint density at radius 2 is 1.88 bits per heavy atom. The maximum atomic E-state index is 11.8. The van der Waals surface area contributed by atoms with Gasteiger partial charge in [-0.15, -0.1) is 0 Å². The smallest absolute Gasteiger partial charge is 0.435 e. The molecule has 13 heteroatoms. The van der Waals surface area contributed by atoms with Crippen LogP contribution in [0.2, 0.25) is 0 Å². The van der Waals surface area contributed by atoms with Crippen LogP contribution in [-0.2, 0) is 19.3 Å². The molecular weight excluding hydrogens is 444 g/mol. The van der Waals surface area contributed by atoms with Gasteiger partial charge in [0.05, 0.1) is 16.4 Å². The van der Waals surface area contributed by atoms with Crippen LogP contribution in [0.5, 0.6) is 11.6 Å². The van der Waals surface area contributed by atoms with Gasteiger partial charge in [0.15, 0.2) is 9.84 Å². The predicted molar refractivity (Wildman–Crippen MR) is 112 cm³/mol. The highest BCUT2D eigenvalue weighted by atomic mass is 32.2. The maximum Gasteiger partial charge on any atom is 0.508 e. The first-order valence-electron chi connectivity index (χ1n) is 9.74. The van der Waals surface area contributed by atoms with Crippen LogP contribution in [0, 0.1) is 10.1 Å². The van der Waals surface area contributed by atoms with E-state index in [9.17, 15) is 23.3 Å². The van der Waals surface area contributed by atoms with Gasteiger partial charge in [-0.3, -0.25) is 10.1 Å². The van der Waals surface area contributed by atoms with Crippen molar-refractivity contribution in [1.82, 2.24) is 9.97 Å². The van der Waals surface area contributed by atoms with E-state index in [0.717, 1.165) is 12.6 Å². The highest BCUT2D eigenvalue weighted by Crippen LogP contribution is 2.37. The van der Waals surface area contributed by atoms with E-state index in [1.165, 1.54) is 24.3 Å². The Bertz CT molecular complexity index is 1080. The number of aromatic nitrogens is 2. The molecule has 1 saturated heterocycles. The summed E-state index contributed by atoms with van der Waals surface area (Å²) in [5.74, 6) is 0.00559. The molecule has 0 atom stereocenters. The number of nitrogens with zero attached hydrogens (tertiary/aromatic N) is 4. The molecule has 0 bridgehead atoms. The molecule has 172 valence electrons. The number of hydrogen-bond donors (Lipinski definition) is 0. The molecule has 12 nitrogen and oxygen atoms in total. The van der Waals surface area contributed by atoms with Gasteiger partial charge in [-0.1, -0.05) is 0 Å². The maximum absolute atomic E-state index is 11.8. The number of nitro groups is 1. The lowest BCUT2D eigenvalue weighted by Crippen LogP contribution is -2.38. The molecule has 32 heavy (non-hydrogen) atoms. The highest BCUT2D eigenvalue weighted by Gasteiger charge is 2.32. The number of piperidine rings is 1. The Kier molecular flexibility index (Phi) is 7.08. The van der Waals surface area contributed by atoms with E-state index >= 15 is 0 Å². The van der Waals surface area contributed by atoms with Crippen LogP contribution in [0.4, 0.5) is 16.3 Å². The van der Waals surface area contributed by atoms with Gasteiger partial charge in [-0.05, 0) is 31.2 Å². The molecule has 0 radical (unpaired) electrons. The van der Waals surface area contributed by atoms with Crippen molar-refractivity contribution in [2.75, 3.05) is 30.9 Å². The van der Waals surface area contributed by atoms with Crippen LogP contribution in [0.1, 0.15) is 19.8 Å². The van der Waals surface area contributed by atoms with Crippen molar-refractivity contribution < 1.29 is 32.3 Å². The van der Waals surface area contributed by atoms with Crippen LogP contribution in [-0.4, -0.2) is 61.5 Å². The molecule has 1 aromatic heterocycles. The van der Waals surface area contributed by atoms with E-state index in [1.807, 2.05) is 0 Å². The van der Waals surface area contributed by atoms with Crippen LogP contribution >= 0.6 is 0 Å². The molecule has 1 aliphatic rings. The van der Waals surface area contributed by atoms with Gasteiger partial charge in [0.1, 0.15) is 18.2 Å². The monoisotopic (exact) mass is 466 g/mol. The van der Waals surface area contributed by atoms with Gasteiger partial charge < -0.3 is 19.1 Å². The molecule has 2 heterocycles. The molecule has 0 N–H and O–H groups in total. The van der Waals surface area contributed by atoms with Crippen LogP contribution in [0.25, 0.3) is 0 Å². The van der Waals surface area contributed by atoms with E-state index in [2.05, 4.69) is 9.97 Å². The molecule has 1 aliphatic heterocycles. The average molecular weight is 466 g/mol. The number of hydrogen-bond acceptors (Lipinski definition) is 11. The molecule has 1 aromatic carbocycles. The Morgan fingerprint density at radius 3 is 2.44 bits per heavy atom. The van der Waals surface area contributed by atoms with Crippen molar-refractivity contribution in [1.29, 1.82) is 0 Å². The van der Waals surface area contributed by atoms with E-state index in [-0.39, 0.29) is 35.1 Å². The second kappa shape index (κ2) is 9.77. The minimum atomic E-state index is -3.39. The molecule has 0 saturated carbocycles. The van der Waals surface area contributed by atoms with E-state index in [0.29, 0.717) is 25.9 Å². The van der Waals surface area contributed by atoms with Crippen LogP contribution in [0.3, 0.4) is 0 Å². The topological polar surface area (TPSA) is 151 Å². The first kappa shape index (κ1) is 23.2. The molecule has 0 aliphatic carbocycles. The van der Waals surface area contributed by atoms with Crippen molar-refractivity contribution in [3.63, 3.8) is 0 Å². The lowest BCUT2D eigenvalue weighted by molar-refractivity contribution is -0.385. The van der Waals surface area contributed by atoms with Crippen molar-refractivity contribution in [3.8, 4) is 11.6 Å². The third-order valence-corrected chi connectivity index (χ3v) is 5.81. The second-order valence-electron chi connectivity index (χ2n) is 6.94. The Hall–Kier alpha value is -3.48. The van der Waals surface area contributed by atoms with Crippen molar-refractivity contribution in [2.45, 2.75) is 30.8 Å². The SMILES string of the molecule is CCOC(=O)OC1CCN(c2ncnc(Oc3ccc(S(C)(=O)=O)cc3)c2[N+](=O)[O-])CC1. The second-order valence-corrected chi connectivity index (χ2v) is 8.96.